The van der Waals surface area contributed by atoms with Crippen LogP contribution in [0.25, 0.3) is 0 Å². The Bertz CT molecular complexity index is 338. The molecule has 0 aliphatic heterocycles. The molecular weight excluding hydrogens is 274 g/mol. The Kier molecular flexibility index (Phi) is 7.40. The van der Waals surface area contributed by atoms with Crippen LogP contribution in [0.1, 0.15) is 38.5 Å². The predicted molar refractivity (Wildman–Crippen MR) is 84.5 cm³/mol. The summed E-state index contributed by atoms with van der Waals surface area (Å²) < 4.78 is 0. The largest absolute Gasteiger partial charge is 0.393 e. The van der Waals surface area contributed by atoms with Crippen molar-refractivity contribution in [1.82, 2.24) is 9.80 Å². The summed E-state index contributed by atoms with van der Waals surface area (Å²) in [5.41, 5.74) is 5.43. The highest BCUT2D eigenvalue weighted by molar-refractivity contribution is 7.80. The van der Waals surface area contributed by atoms with Crippen molar-refractivity contribution in [1.29, 1.82) is 0 Å². The molecule has 0 aromatic heterocycles. The maximum Gasteiger partial charge on any atom is 0.223 e. The smallest absolute Gasteiger partial charge is 0.223 e. The SMILES string of the molecule is CN(CCC(N)=S)C(=O)CCN(C)C1CCCCC1O. The highest BCUT2D eigenvalue weighted by atomic mass is 32.1. The standard InChI is InChI=1S/C14H27N3O2S/c1-16(11-5-3-4-6-12(11)18)10-8-14(19)17(2)9-7-13(15)20/h11-12,18H,3-10H2,1-2H3,(H2,15,20). The molecule has 5 nitrogen and oxygen atoms in total. The summed E-state index contributed by atoms with van der Waals surface area (Å²) in [6.45, 7) is 1.25. The first kappa shape index (κ1) is 17.3. The third kappa shape index (κ3) is 5.73. The summed E-state index contributed by atoms with van der Waals surface area (Å²) in [7, 11) is 3.76. The van der Waals surface area contributed by atoms with Crippen molar-refractivity contribution in [3.8, 4) is 0 Å². The molecule has 1 saturated carbocycles. The second-order valence-corrected chi connectivity index (χ2v) is 6.21. The molecule has 20 heavy (non-hydrogen) atoms. The van der Waals surface area contributed by atoms with Crippen LogP contribution in [0.15, 0.2) is 0 Å². The maximum absolute atomic E-state index is 12.0. The molecule has 0 radical (unpaired) electrons. The summed E-state index contributed by atoms with van der Waals surface area (Å²) >= 11 is 4.81. The summed E-state index contributed by atoms with van der Waals surface area (Å²) in [6, 6.07) is 0.193. The minimum absolute atomic E-state index is 0.0957. The minimum atomic E-state index is -0.254. The van der Waals surface area contributed by atoms with Crippen LogP contribution in [0.4, 0.5) is 0 Å². The van der Waals surface area contributed by atoms with E-state index in [4.69, 9.17) is 18.0 Å². The van der Waals surface area contributed by atoms with Gasteiger partial charge in [0, 0.05) is 39.0 Å². The summed E-state index contributed by atoms with van der Waals surface area (Å²) in [5.74, 6) is 0.0957. The number of amides is 1. The Hall–Kier alpha value is -0.720. The van der Waals surface area contributed by atoms with E-state index >= 15 is 0 Å². The first-order chi connectivity index (χ1) is 9.41. The first-order valence-corrected chi connectivity index (χ1v) is 7.73. The van der Waals surface area contributed by atoms with Gasteiger partial charge in [-0.25, -0.2) is 0 Å². The number of hydrogen-bond acceptors (Lipinski definition) is 4. The fourth-order valence-electron chi connectivity index (χ4n) is 2.64. The van der Waals surface area contributed by atoms with Crippen LogP contribution in [0.5, 0.6) is 0 Å². The van der Waals surface area contributed by atoms with Gasteiger partial charge in [0.15, 0.2) is 0 Å². The van der Waals surface area contributed by atoms with E-state index in [1.807, 2.05) is 7.05 Å². The van der Waals surface area contributed by atoms with Crippen LogP contribution < -0.4 is 5.73 Å². The number of nitrogens with zero attached hydrogens (tertiary/aromatic N) is 2. The average Bonchev–Trinajstić information content (AvgIpc) is 2.42. The van der Waals surface area contributed by atoms with Gasteiger partial charge < -0.3 is 20.6 Å². The summed E-state index contributed by atoms with van der Waals surface area (Å²) in [4.78, 5) is 16.2. The minimum Gasteiger partial charge on any atom is -0.393 e. The van der Waals surface area contributed by atoms with Crippen LogP contribution in [0.3, 0.4) is 0 Å². The Morgan fingerprint density at radius 3 is 2.50 bits per heavy atom. The van der Waals surface area contributed by atoms with Gasteiger partial charge in [-0.15, -0.1) is 0 Å². The number of aliphatic hydroxyl groups is 1. The van der Waals surface area contributed by atoms with E-state index in [2.05, 4.69) is 4.90 Å². The predicted octanol–water partition coefficient (Wildman–Crippen LogP) is 0.746. The van der Waals surface area contributed by atoms with Crippen molar-refractivity contribution in [2.75, 3.05) is 27.2 Å². The average molecular weight is 301 g/mol. The van der Waals surface area contributed by atoms with Crippen LogP contribution in [-0.4, -0.2) is 65.1 Å². The molecule has 3 N–H and O–H groups in total. The Labute approximate surface area is 127 Å². The van der Waals surface area contributed by atoms with E-state index in [9.17, 15) is 9.90 Å². The molecule has 0 heterocycles. The molecule has 2 atom stereocenters. The zero-order valence-corrected chi connectivity index (χ0v) is 13.4. The van der Waals surface area contributed by atoms with Crippen LogP contribution >= 0.6 is 12.2 Å². The summed E-state index contributed by atoms with van der Waals surface area (Å²) in [5, 5.41) is 9.99. The van der Waals surface area contributed by atoms with Crippen LogP contribution in [0, 0.1) is 0 Å². The van der Waals surface area contributed by atoms with Gasteiger partial charge in [0.2, 0.25) is 5.91 Å². The first-order valence-electron chi connectivity index (χ1n) is 7.32. The Morgan fingerprint density at radius 2 is 1.90 bits per heavy atom. The molecule has 116 valence electrons. The number of rotatable bonds is 7. The van der Waals surface area contributed by atoms with Gasteiger partial charge >= 0.3 is 0 Å². The zero-order valence-electron chi connectivity index (χ0n) is 12.5. The van der Waals surface area contributed by atoms with Gasteiger partial charge in [-0.1, -0.05) is 25.1 Å². The second kappa shape index (κ2) is 8.54. The topological polar surface area (TPSA) is 69.8 Å². The second-order valence-electron chi connectivity index (χ2n) is 5.68. The van der Waals surface area contributed by atoms with Crippen LogP contribution in [0.2, 0.25) is 0 Å². The number of carbonyl (C=O) groups excluding carboxylic acids is 1. The molecule has 0 aromatic rings. The monoisotopic (exact) mass is 301 g/mol. The lowest BCUT2D eigenvalue weighted by Crippen LogP contribution is -2.44. The lowest BCUT2D eigenvalue weighted by Gasteiger charge is -2.35. The highest BCUT2D eigenvalue weighted by Crippen LogP contribution is 2.22. The van der Waals surface area contributed by atoms with E-state index < -0.39 is 0 Å². The third-order valence-corrected chi connectivity index (χ3v) is 4.26. The molecule has 1 amide bonds. The number of aliphatic hydroxyl groups excluding tert-OH is 1. The molecule has 0 saturated heterocycles. The molecule has 6 heteroatoms. The van der Waals surface area contributed by atoms with Gasteiger partial charge in [-0.3, -0.25) is 4.79 Å². The van der Waals surface area contributed by atoms with Gasteiger partial charge in [0.1, 0.15) is 0 Å². The number of nitrogens with two attached hydrogens (primary N) is 1. The van der Waals surface area contributed by atoms with Crippen molar-refractivity contribution < 1.29 is 9.90 Å². The fourth-order valence-corrected chi connectivity index (χ4v) is 2.73. The molecule has 0 aromatic carbocycles. The van der Waals surface area contributed by atoms with Crippen molar-refractivity contribution >= 4 is 23.1 Å². The van der Waals surface area contributed by atoms with E-state index in [0.717, 1.165) is 25.7 Å². The molecule has 0 bridgehead atoms. The zero-order chi connectivity index (χ0) is 15.1. The molecule has 1 aliphatic rings. The molecule has 2 unspecified atom stereocenters. The van der Waals surface area contributed by atoms with Gasteiger partial charge in [-0.05, 0) is 19.9 Å². The van der Waals surface area contributed by atoms with Crippen LogP contribution in [-0.2, 0) is 4.79 Å². The summed E-state index contributed by atoms with van der Waals surface area (Å²) in [6.07, 6.45) is 4.93. The third-order valence-electron chi connectivity index (χ3n) is 4.06. The lowest BCUT2D eigenvalue weighted by atomic mass is 9.91. The quantitative estimate of drug-likeness (QED) is 0.679. The van der Waals surface area contributed by atoms with E-state index in [-0.39, 0.29) is 18.1 Å². The number of hydrogen-bond donors (Lipinski definition) is 2. The molecule has 1 rings (SSSR count). The highest BCUT2D eigenvalue weighted by Gasteiger charge is 2.26. The molecular formula is C14H27N3O2S. The van der Waals surface area contributed by atoms with Crippen molar-refractivity contribution in [3.63, 3.8) is 0 Å². The Morgan fingerprint density at radius 1 is 1.25 bits per heavy atom. The van der Waals surface area contributed by atoms with E-state index in [1.54, 1.807) is 11.9 Å². The lowest BCUT2D eigenvalue weighted by molar-refractivity contribution is -0.130. The molecule has 1 fully saturated rings. The van der Waals surface area contributed by atoms with E-state index in [0.29, 0.717) is 30.9 Å². The van der Waals surface area contributed by atoms with E-state index in [1.165, 1.54) is 0 Å². The van der Waals surface area contributed by atoms with Crippen molar-refractivity contribution in [2.45, 2.75) is 50.7 Å². The molecule has 0 spiro atoms. The normalized spacial score (nSPS) is 22.8. The maximum atomic E-state index is 12.0. The van der Waals surface area contributed by atoms with Gasteiger partial charge in [0.25, 0.3) is 0 Å². The fraction of sp³-hybridized carbons (Fsp3) is 0.857. The number of thiocarbonyl (C=S) groups is 1. The van der Waals surface area contributed by atoms with Crippen molar-refractivity contribution in [3.05, 3.63) is 0 Å². The number of carbonyl (C=O) groups is 1. The Balaban J connectivity index is 2.30. The number of likely N-dealkylation sites (N-methyl/N-ethyl adjacent to an activating group) is 1. The van der Waals surface area contributed by atoms with Gasteiger partial charge in [0.05, 0.1) is 11.1 Å². The van der Waals surface area contributed by atoms with Crippen molar-refractivity contribution in [2.24, 2.45) is 5.73 Å². The van der Waals surface area contributed by atoms with Gasteiger partial charge in [-0.2, -0.15) is 0 Å². The molecule has 1 aliphatic carbocycles.